The minimum absolute atomic E-state index is 0.0140. The molecule has 1 amide bonds. The Balaban J connectivity index is 2.14. The van der Waals surface area contributed by atoms with E-state index in [9.17, 15) is 9.59 Å². The molecule has 1 saturated heterocycles. The molecule has 4 nitrogen and oxygen atoms in total. The van der Waals surface area contributed by atoms with Crippen molar-refractivity contribution in [3.8, 4) is 5.75 Å². The number of ether oxygens (including phenoxy) is 1. The average Bonchev–Trinajstić information content (AvgIpc) is 2.58. The fourth-order valence-corrected chi connectivity index (χ4v) is 1.82. The second-order valence-corrected chi connectivity index (χ2v) is 3.78. The molecule has 0 bridgehead atoms. The Bertz CT molecular complexity index is 428. The van der Waals surface area contributed by atoms with E-state index in [0.717, 1.165) is 11.3 Å². The van der Waals surface area contributed by atoms with Crippen LogP contribution in [0.4, 0.5) is 0 Å². The van der Waals surface area contributed by atoms with Crippen molar-refractivity contribution in [2.75, 3.05) is 13.7 Å². The Morgan fingerprint density at radius 1 is 1.31 bits per heavy atom. The van der Waals surface area contributed by atoms with Gasteiger partial charge in [0.2, 0.25) is 5.91 Å². The lowest BCUT2D eigenvalue weighted by Crippen LogP contribution is -2.24. The van der Waals surface area contributed by atoms with Crippen molar-refractivity contribution in [1.82, 2.24) is 4.90 Å². The van der Waals surface area contributed by atoms with Gasteiger partial charge in [-0.15, -0.1) is 0 Å². The van der Waals surface area contributed by atoms with Crippen molar-refractivity contribution in [3.63, 3.8) is 0 Å². The van der Waals surface area contributed by atoms with Crippen LogP contribution in [-0.4, -0.2) is 30.2 Å². The largest absolute Gasteiger partial charge is 0.496 e. The van der Waals surface area contributed by atoms with Crippen LogP contribution in [0.2, 0.25) is 0 Å². The number of hydrogen-bond acceptors (Lipinski definition) is 3. The van der Waals surface area contributed by atoms with Crippen LogP contribution < -0.4 is 4.74 Å². The summed E-state index contributed by atoms with van der Waals surface area (Å²) >= 11 is 0. The zero-order chi connectivity index (χ0) is 11.5. The summed E-state index contributed by atoms with van der Waals surface area (Å²) in [5, 5.41) is 0. The highest BCUT2D eigenvalue weighted by atomic mass is 16.5. The van der Waals surface area contributed by atoms with Crippen molar-refractivity contribution in [1.29, 1.82) is 0 Å². The van der Waals surface area contributed by atoms with Gasteiger partial charge in [0.15, 0.2) is 5.78 Å². The Labute approximate surface area is 93.8 Å². The first-order valence-electron chi connectivity index (χ1n) is 5.12. The monoisotopic (exact) mass is 219 g/mol. The molecule has 1 fully saturated rings. The van der Waals surface area contributed by atoms with Gasteiger partial charge in [-0.1, -0.05) is 18.2 Å². The number of carbonyl (C=O) groups excluding carboxylic acids is 2. The van der Waals surface area contributed by atoms with Crippen molar-refractivity contribution in [2.45, 2.75) is 13.0 Å². The molecule has 1 aliphatic rings. The summed E-state index contributed by atoms with van der Waals surface area (Å²) < 4.78 is 5.19. The summed E-state index contributed by atoms with van der Waals surface area (Å²) in [5.74, 6) is 0.630. The van der Waals surface area contributed by atoms with Crippen LogP contribution in [-0.2, 0) is 16.1 Å². The Hall–Kier alpha value is -1.84. The predicted molar refractivity (Wildman–Crippen MR) is 58.0 cm³/mol. The van der Waals surface area contributed by atoms with Crippen LogP contribution in [0.15, 0.2) is 24.3 Å². The van der Waals surface area contributed by atoms with E-state index in [1.807, 2.05) is 24.3 Å². The summed E-state index contributed by atoms with van der Waals surface area (Å²) in [5.41, 5.74) is 0.924. The Kier molecular flexibility index (Phi) is 2.90. The number of rotatable bonds is 3. The number of hydrogen-bond donors (Lipinski definition) is 0. The van der Waals surface area contributed by atoms with Gasteiger partial charge in [0.1, 0.15) is 5.75 Å². The maximum atomic E-state index is 11.5. The number of likely N-dealkylation sites (tertiary alicyclic amines) is 1. The molecule has 1 aromatic carbocycles. The van der Waals surface area contributed by atoms with Crippen LogP contribution in [0, 0.1) is 0 Å². The molecule has 0 saturated carbocycles. The van der Waals surface area contributed by atoms with Gasteiger partial charge >= 0.3 is 0 Å². The molecule has 16 heavy (non-hydrogen) atoms. The average molecular weight is 219 g/mol. The molecule has 2 rings (SSSR count). The Morgan fingerprint density at radius 2 is 2.06 bits per heavy atom. The number of methoxy groups -OCH3 is 1. The standard InChI is InChI=1S/C12H13NO3/c1-16-11-5-3-2-4-9(11)7-13-8-10(14)6-12(13)15/h2-5H,6-8H2,1H3. The summed E-state index contributed by atoms with van der Waals surface area (Å²) in [6.45, 7) is 0.658. The number of ketones is 1. The fourth-order valence-electron chi connectivity index (χ4n) is 1.82. The molecule has 84 valence electrons. The molecule has 0 aliphatic carbocycles. The number of Topliss-reactive ketones (excluding diaryl/α,β-unsaturated/α-hetero) is 1. The maximum absolute atomic E-state index is 11.5. The molecule has 4 heteroatoms. The number of para-hydroxylation sites is 1. The van der Waals surface area contributed by atoms with Crippen LogP contribution in [0.1, 0.15) is 12.0 Å². The van der Waals surface area contributed by atoms with E-state index < -0.39 is 0 Å². The third-order valence-electron chi connectivity index (χ3n) is 2.62. The van der Waals surface area contributed by atoms with Gasteiger partial charge in [-0.05, 0) is 6.07 Å². The predicted octanol–water partition coefficient (Wildman–Crippen LogP) is 0.997. The molecule has 1 heterocycles. The summed E-state index contributed by atoms with van der Waals surface area (Å²) in [4.78, 5) is 24.1. The molecular weight excluding hydrogens is 206 g/mol. The third-order valence-corrected chi connectivity index (χ3v) is 2.62. The molecule has 1 aromatic rings. The van der Waals surface area contributed by atoms with E-state index in [-0.39, 0.29) is 24.7 Å². The van der Waals surface area contributed by atoms with E-state index in [1.54, 1.807) is 12.0 Å². The lowest BCUT2D eigenvalue weighted by atomic mass is 10.2. The van der Waals surface area contributed by atoms with E-state index in [1.165, 1.54) is 0 Å². The summed E-state index contributed by atoms with van der Waals surface area (Å²) in [7, 11) is 1.59. The number of benzene rings is 1. The molecule has 0 aromatic heterocycles. The van der Waals surface area contributed by atoms with Gasteiger partial charge in [-0.3, -0.25) is 9.59 Å². The van der Waals surface area contributed by atoms with Gasteiger partial charge in [0, 0.05) is 12.1 Å². The maximum Gasteiger partial charge on any atom is 0.230 e. The van der Waals surface area contributed by atoms with Gasteiger partial charge in [-0.2, -0.15) is 0 Å². The molecule has 0 N–H and O–H groups in total. The van der Waals surface area contributed by atoms with Crippen LogP contribution in [0.3, 0.4) is 0 Å². The number of nitrogens with zero attached hydrogens (tertiary/aromatic N) is 1. The van der Waals surface area contributed by atoms with Crippen LogP contribution in [0.5, 0.6) is 5.75 Å². The highest BCUT2D eigenvalue weighted by Gasteiger charge is 2.27. The zero-order valence-electron chi connectivity index (χ0n) is 9.10. The van der Waals surface area contributed by atoms with Crippen LogP contribution in [0.25, 0.3) is 0 Å². The summed E-state index contributed by atoms with van der Waals surface area (Å²) in [6, 6.07) is 7.51. The van der Waals surface area contributed by atoms with E-state index in [2.05, 4.69) is 0 Å². The topological polar surface area (TPSA) is 46.6 Å². The quantitative estimate of drug-likeness (QED) is 0.712. The highest BCUT2D eigenvalue weighted by molar-refractivity contribution is 6.05. The molecular formula is C12H13NO3. The minimum atomic E-state index is -0.101. The van der Waals surface area contributed by atoms with Crippen molar-refractivity contribution in [3.05, 3.63) is 29.8 Å². The van der Waals surface area contributed by atoms with Gasteiger partial charge in [0.25, 0.3) is 0 Å². The highest BCUT2D eigenvalue weighted by Crippen LogP contribution is 2.21. The number of carbonyl (C=O) groups is 2. The van der Waals surface area contributed by atoms with Gasteiger partial charge in [0.05, 0.1) is 20.1 Å². The zero-order valence-corrected chi connectivity index (χ0v) is 9.10. The minimum Gasteiger partial charge on any atom is -0.496 e. The van der Waals surface area contributed by atoms with E-state index >= 15 is 0 Å². The SMILES string of the molecule is COc1ccccc1CN1CC(=O)CC1=O. The summed E-state index contributed by atoms with van der Waals surface area (Å²) in [6.07, 6.45) is 0.0369. The van der Waals surface area contributed by atoms with E-state index in [0.29, 0.717) is 6.54 Å². The normalized spacial score (nSPS) is 15.7. The second-order valence-electron chi connectivity index (χ2n) is 3.78. The number of amides is 1. The fraction of sp³-hybridized carbons (Fsp3) is 0.333. The Morgan fingerprint density at radius 3 is 2.69 bits per heavy atom. The van der Waals surface area contributed by atoms with Crippen molar-refractivity contribution in [2.24, 2.45) is 0 Å². The molecule has 0 unspecified atom stereocenters. The van der Waals surface area contributed by atoms with Gasteiger partial charge < -0.3 is 9.64 Å². The smallest absolute Gasteiger partial charge is 0.230 e. The molecule has 1 aliphatic heterocycles. The van der Waals surface area contributed by atoms with Crippen LogP contribution >= 0.6 is 0 Å². The van der Waals surface area contributed by atoms with E-state index in [4.69, 9.17) is 4.74 Å². The first kappa shape index (κ1) is 10.7. The van der Waals surface area contributed by atoms with Crippen molar-refractivity contribution < 1.29 is 14.3 Å². The molecule has 0 atom stereocenters. The first-order valence-corrected chi connectivity index (χ1v) is 5.12. The molecule has 0 spiro atoms. The third kappa shape index (κ3) is 2.05. The first-order chi connectivity index (χ1) is 7.70. The second kappa shape index (κ2) is 4.35. The lowest BCUT2D eigenvalue weighted by Gasteiger charge is -2.16. The van der Waals surface area contributed by atoms with Gasteiger partial charge in [-0.25, -0.2) is 0 Å². The molecule has 0 radical (unpaired) electrons. The lowest BCUT2D eigenvalue weighted by molar-refractivity contribution is -0.128. The van der Waals surface area contributed by atoms with Crippen molar-refractivity contribution >= 4 is 11.7 Å².